The van der Waals surface area contributed by atoms with Crippen LogP contribution in [0.1, 0.15) is 44.8 Å². The van der Waals surface area contributed by atoms with Gasteiger partial charge in [0.1, 0.15) is 11.3 Å². The van der Waals surface area contributed by atoms with Gasteiger partial charge in [0.2, 0.25) is 0 Å². The summed E-state index contributed by atoms with van der Waals surface area (Å²) in [6.45, 7) is 6.58. The fourth-order valence-electron chi connectivity index (χ4n) is 2.47. The van der Waals surface area contributed by atoms with Crippen molar-refractivity contribution in [3.05, 3.63) is 29.6 Å². The normalized spacial score (nSPS) is 13.3. The fraction of sp³-hybridized carbons (Fsp3) is 0.533. The number of hydrogen-bond donors (Lipinski definition) is 0. The molecule has 0 saturated heterocycles. The molecule has 0 fully saturated rings. The topological polar surface area (TPSA) is 17.8 Å². The Kier molecular flexibility index (Phi) is 4.63. The molecule has 0 saturated carbocycles. The molecule has 0 N–H and O–H groups in total. The molecule has 2 nitrogen and oxygen atoms in total. The lowest BCUT2D eigenvalue weighted by Crippen LogP contribution is -2.13. The Morgan fingerprint density at radius 3 is 2.45 bits per heavy atom. The molecule has 0 bridgehead atoms. The summed E-state index contributed by atoms with van der Waals surface area (Å²) in [5, 5.41) is -0.348. The lowest BCUT2D eigenvalue weighted by atomic mass is 10.0. The zero-order valence-corrected chi connectivity index (χ0v) is 12.7. The van der Waals surface area contributed by atoms with E-state index in [4.69, 9.17) is 11.6 Å². The highest BCUT2D eigenvalue weighted by molar-refractivity contribution is 6.20. The molecule has 110 valence electrons. The maximum atomic E-state index is 14.1. The van der Waals surface area contributed by atoms with E-state index in [0.717, 1.165) is 18.9 Å². The summed E-state index contributed by atoms with van der Waals surface area (Å²) < 4.78 is 29.3. The Morgan fingerprint density at radius 1 is 1.25 bits per heavy atom. The molecule has 20 heavy (non-hydrogen) atoms. The number of hydrogen-bond acceptors (Lipinski definition) is 1. The van der Waals surface area contributed by atoms with Crippen LogP contribution < -0.4 is 0 Å². The van der Waals surface area contributed by atoms with Gasteiger partial charge in [-0.1, -0.05) is 26.7 Å². The minimum atomic E-state index is -0.850. The van der Waals surface area contributed by atoms with Gasteiger partial charge in [0, 0.05) is 6.54 Å². The van der Waals surface area contributed by atoms with E-state index in [1.54, 1.807) is 11.5 Å². The van der Waals surface area contributed by atoms with Gasteiger partial charge in [-0.15, -0.1) is 11.6 Å². The molecule has 0 aliphatic heterocycles. The van der Waals surface area contributed by atoms with Crippen molar-refractivity contribution in [2.75, 3.05) is 0 Å². The lowest BCUT2D eigenvalue weighted by molar-refractivity contribution is 0.412. The number of benzene rings is 1. The van der Waals surface area contributed by atoms with Gasteiger partial charge < -0.3 is 4.57 Å². The second kappa shape index (κ2) is 6.08. The molecule has 0 aliphatic carbocycles. The molecule has 0 aliphatic rings. The van der Waals surface area contributed by atoms with Gasteiger partial charge in [0.15, 0.2) is 11.6 Å². The zero-order chi connectivity index (χ0) is 14.9. The van der Waals surface area contributed by atoms with Crippen LogP contribution in [0.15, 0.2) is 12.1 Å². The van der Waals surface area contributed by atoms with E-state index in [2.05, 4.69) is 18.8 Å². The molecule has 0 radical (unpaired) electrons. The molecule has 2 rings (SSSR count). The van der Waals surface area contributed by atoms with Crippen molar-refractivity contribution in [1.82, 2.24) is 9.55 Å². The standard InChI is InChI=1S/C15H19ClF2N2/c1-4-10(5-2)8-20-14-12(19-15(20)9(3)16)7-6-11(17)13(14)18/h6-7,9-10H,4-5,8H2,1-3H3. The first-order valence-corrected chi connectivity index (χ1v) is 7.41. The van der Waals surface area contributed by atoms with E-state index >= 15 is 0 Å². The van der Waals surface area contributed by atoms with Crippen LogP contribution in [-0.2, 0) is 6.54 Å². The highest BCUT2D eigenvalue weighted by atomic mass is 35.5. The third-order valence-corrected chi connectivity index (χ3v) is 3.98. The molecule has 1 aromatic heterocycles. The summed E-state index contributed by atoms with van der Waals surface area (Å²) >= 11 is 6.14. The van der Waals surface area contributed by atoms with Crippen molar-refractivity contribution in [1.29, 1.82) is 0 Å². The predicted molar refractivity (Wildman–Crippen MR) is 78.0 cm³/mol. The molecule has 0 amide bonds. The van der Waals surface area contributed by atoms with Crippen LogP contribution in [0.25, 0.3) is 11.0 Å². The molecule has 1 heterocycles. The van der Waals surface area contributed by atoms with Crippen molar-refractivity contribution >= 4 is 22.6 Å². The first-order valence-electron chi connectivity index (χ1n) is 6.97. The molecular formula is C15H19ClF2N2. The van der Waals surface area contributed by atoms with Gasteiger partial charge in [-0.25, -0.2) is 13.8 Å². The second-order valence-electron chi connectivity index (χ2n) is 5.11. The summed E-state index contributed by atoms with van der Waals surface area (Å²) in [5.74, 6) is -0.705. The van der Waals surface area contributed by atoms with E-state index in [1.807, 2.05) is 0 Å². The Bertz CT molecular complexity index is 603. The van der Waals surface area contributed by atoms with Gasteiger partial charge in [-0.2, -0.15) is 0 Å². The number of halogens is 3. The highest BCUT2D eigenvalue weighted by Gasteiger charge is 2.21. The van der Waals surface area contributed by atoms with Gasteiger partial charge >= 0.3 is 0 Å². The maximum Gasteiger partial charge on any atom is 0.184 e. The third kappa shape index (κ3) is 2.66. The first-order chi connectivity index (χ1) is 9.49. The highest BCUT2D eigenvalue weighted by Crippen LogP contribution is 2.29. The van der Waals surface area contributed by atoms with Crippen LogP contribution in [0, 0.1) is 17.6 Å². The Labute approximate surface area is 122 Å². The SMILES string of the molecule is CCC(CC)Cn1c(C(C)Cl)nc2ccc(F)c(F)c21. The van der Waals surface area contributed by atoms with Crippen LogP contribution in [0.2, 0.25) is 0 Å². The number of rotatable bonds is 5. The largest absolute Gasteiger partial charge is 0.324 e. The summed E-state index contributed by atoms with van der Waals surface area (Å²) in [6.07, 6.45) is 1.95. The number of alkyl halides is 1. The number of nitrogens with zero attached hydrogens (tertiary/aromatic N) is 2. The van der Waals surface area contributed by atoms with E-state index < -0.39 is 11.6 Å². The molecular weight excluding hydrogens is 282 g/mol. The molecule has 1 unspecified atom stereocenters. The number of fused-ring (bicyclic) bond motifs is 1. The number of aromatic nitrogens is 2. The molecule has 2 aromatic rings. The monoisotopic (exact) mass is 300 g/mol. The van der Waals surface area contributed by atoms with Crippen molar-refractivity contribution < 1.29 is 8.78 Å². The van der Waals surface area contributed by atoms with E-state index in [1.165, 1.54) is 6.07 Å². The lowest BCUT2D eigenvalue weighted by Gasteiger charge is -2.17. The maximum absolute atomic E-state index is 14.1. The molecule has 1 aromatic carbocycles. The summed E-state index contributed by atoms with van der Waals surface area (Å²) in [7, 11) is 0. The minimum absolute atomic E-state index is 0.222. The predicted octanol–water partition coefficient (Wildman–Crippen LogP) is 5.05. The third-order valence-electron chi connectivity index (χ3n) is 3.78. The molecule has 5 heteroatoms. The van der Waals surface area contributed by atoms with Crippen LogP contribution in [0.4, 0.5) is 8.78 Å². The smallest absolute Gasteiger partial charge is 0.184 e. The average Bonchev–Trinajstić information content (AvgIpc) is 2.79. The summed E-state index contributed by atoms with van der Waals surface area (Å²) in [5.41, 5.74) is 0.678. The van der Waals surface area contributed by atoms with E-state index in [0.29, 0.717) is 23.8 Å². The van der Waals surface area contributed by atoms with Crippen molar-refractivity contribution in [3.8, 4) is 0 Å². The Hall–Kier alpha value is -1.16. The quantitative estimate of drug-likeness (QED) is 0.706. The van der Waals surface area contributed by atoms with E-state index in [-0.39, 0.29) is 10.9 Å². The summed E-state index contributed by atoms with van der Waals surface area (Å²) in [6, 6.07) is 2.61. The van der Waals surface area contributed by atoms with Crippen LogP contribution in [-0.4, -0.2) is 9.55 Å². The Balaban J connectivity index is 2.63. The fourth-order valence-corrected chi connectivity index (χ4v) is 2.64. The van der Waals surface area contributed by atoms with Crippen molar-refractivity contribution in [2.24, 2.45) is 5.92 Å². The summed E-state index contributed by atoms with van der Waals surface area (Å²) in [4.78, 5) is 4.36. The zero-order valence-electron chi connectivity index (χ0n) is 12.0. The molecule has 1 atom stereocenters. The van der Waals surface area contributed by atoms with Gasteiger partial charge in [0.25, 0.3) is 0 Å². The van der Waals surface area contributed by atoms with Crippen LogP contribution in [0.3, 0.4) is 0 Å². The first kappa shape index (κ1) is 15.2. The average molecular weight is 301 g/mol. The van der Waals surface area contributed by atoms with Crippen molar-refractivity contribution in [3.63, 3.8) is 0 Å². The second-order valence-corrected chi connectivity index (χ2v) is 5.76. The van der Waals surface area contributed by atoms with Crippen molar-refractivity contribution in [2.45, 2.75) is 45.5 Å². The van der Waals surface area contributed by atoms with Crippen LogP contribution >= 0.6 is 11.6 Å². The van der Waals surface area contributed by atoms with Gasteiger partial charge in [-0.05, 0) is 25.0 Å². The molecule has 0 spiro atoms. The van der Waals surface area contributed by atoms with E-state index in [9.17, 15) is 8.78 Å². The van der Waals surface area contributed by atoms with Gasteiger partial charge in [-0.3, -0.25) is 0 Å². The number of imidazole rings is 1. The van der Waals surface area contributed by atoms with Crippen LogP contribution in [0.5, 0.6) is 0 Å². The van der Waals surface area contributed by atoms with Gasteiger partial charge in [0.05, 0.1) is 10.9 Å². The Morgan fingerprint density at radius 2 is 1.90 bits per heavy atom. The minimum Gasteiger partial charge on any atom is -0.324 e.